The van der Waals surface area contributed by atoms with E-state index in [-0.39, 0.29) is 6.04 Å². The third kappa shape index (κ3) is 3.70. The minimum atomic E-state index is -0.882. The summed E-state index contributed by atoms with van der Waals surface area (Å²) in [5, 5.41) is 27.0. The van der Waals surface area contributed by atoms with Gasteiger partial charge in [0.05, 0.1) is 17.3 Å². The first-order valence-corrected chi connectivity index (χ1v) is 8.97. The monoisotopic (exact) mass is 365 g/mol. The van der Waals surface area contributed by atoms with Crippen LogP contribution in [-0.2, 0) is 0 Å². The van der Waals surface area contributed by atoms with Gasteiger partial charge in [-0.2, -0.15) is 5.26 Å². The van der Waals surface area contributed by atoms with Crippen molar-refractivity contribution in [3.05, 3.63) is 41.0 Å². The Hall–Kier alpha value is -3.14. The maximum Gasteiger partial charge on any atom is 0.407 e. The molecule has 1 aliphatic rings. The van der Waals surface area contributed by atoms with Gasteiger partial charge in [-0.1, -0.05) is 12.1 Å². The van der Waals surface area contributed by atoms with E-state index < -0.39 is 6.09 Å². The summed E-state index contributed by atoms with van der Waals surface area (Å²) >= 11 is 0. The van der Waals surface area contributed by atoms with Crippen molar-refractivity contribution in [2.45, 2.75) is 32.7 Å². The van der Waals surface area contributed by atoms with Crippen LogP contribution in [0.3, 0.4) is 0 Å². The van der Waals surface area contributed by atoms with Crippen LogP contribution < -0.4 is 4.90 Å². The number of nitrogens with zero attached hydrogens (tertiary/aromatic N) is 5. The van der Waals surface area contributed by atoms with Crippen molar-refractivity contribution in [3.63, 3.8) is 0 Å². The molecular formula is C20H23N5O2. The fraction of sp³-hybridized carbons (Fsp3) is 0.400. The number of carbonyl (C=O) groups is 1. The van der Waals surface area contributed by atoms with Crippen LogP contribution in [0.15, 0.2) is 24.3 Å². The zero-order chi connectivity index (χ0) is 19.6. The summed E-state index contributed by atoms with van der Waals surface area (Å²) in [5.74, 6) is 0.862. The van der Waals surface area contributed by atoms with Crippen molar-refractivity contribution in [3.8, 4) is 17.3 Å². The fourth-order valence-electron chi connectivity index (χ4n) is 3.49. The second kappa shape index (κ2) is 7.62. The Morgan fingerprint density at radius 1 is 1.19 bits per heavy atom. The van der Waals surface area contributed by atoms with E-state index in [2.05, 4.69) is 21.2 Å². The molecule has 0 saturated carbocycles. The lowest BCUT2D eigenvalue weighted by molar-refractivity contribution is 0.131. The first-order valence-electron chi connectivity index (χ1n) is 8.97. The van der Waals surface area contributed by atoms with Crippen LogP contribution in [0.2, 0.25) is 0 Å². The molecule has 2 heterocycles. The van der Waals surface area contributed by atoms with Crippen molar-refractivity contribution >= 4 is 11.9 Å². The van der Waals surface area contributed by atoms with Crippen LogP contribution in [0.5, 0.6) is 0 Å². The summed E-state index contributed by atoms with van der Waals surface area (Å²) in [6.07, 6.45) is 0.674. The van der Waals surface area contributed by atoms with Gasteiger partial charge in [0.15, 0.2) is 5.82 Å². The van der Waals surface area contributed by atoms with Gasteiger partial charge in [0.1, 0.15) is 0 Å². The Balaban J connectivity index is 1.79. The Kier molecular flexibility index (Phi) is 5.26. The van der Waals surface area contributed by atoms with E-state index in [1.807, 2.05) is 26.0 Å². The zero-order valence-electron chi connectivity index (χ0n) is 15.8. The van der Waals surface area contributed by atoms with Crippen molar-refractivity contribution < 1.29 is 9.90 Å². The molecular weight excluding hydrogens is 342 g/mol. The topological polar surface area (TPSA) is 93.4 Å². The summed E-state index contributed by atoms with van der Waals surface area (Å²) in [7, 11) is 1.63. The predicted octanol–water partition coefficient (Wildman–Crippen LogP) is 3.21. The number of benzene rings is 1. The molecule has 1 amide bonds. The molecule has 27 heavy (non-hydrogen) atoms. The van der Waals surface area contributed by atoms with Gasteiger partial charge in [-0.15, -0.1) is 10.2 Å². The van der Waals surface area contributed by atoms with Crippen molar-refractivity contribution in [2.24, 2.45) is 0 Å². The average Bonchev–Trinajstić information content (AvgIpc) is 2.69. The van der Waals surface area contributed by atoms with Crippen molar-refractivity contribution in [1.29, 1.82) is 5.26 Å². The molecule has 1 saturated heterocycles. The largest absolute Gasteiger partial charge is 0.465 e. The molecule has 0 radical (unpaired) electrons. The molecule has 7 heteroatoms. The number of amides is 1. The number of nitriles is 1. The fourth-order valence-corrected chi connectivity index (χ4v) is 3.49. The third-order valence-electron chi connectivity index (χ3n) is 5.40. The van der Waals surface area contributed by atoms with E-state index in [0.29, 0.717) is 5.56 Å². The summed E-state index contributed by atoms with van der Waals surface area (Å²) < 4.78 is 0. The maximum absolute atomic E-state index is 11.1. The molecule has 1 aromatic carbocycles. The predicted molar refractivity (Wildman–Crippen MR) is 103 cm³/mol. The van der Waals surface area contributed by atoms with Crippen molar-refractivity contribution in [2.75, 3.05) is 25.0 Å². The van der Waals surface area contributed by atoms with Crippen molar-refractivity contribution in [1.82, 2.24) is 15.1 Å². The first-order chi connectivity index (χ1) is 12.9. The minimum Gasteiger partial charge on any atom is -0.465 e. The van der Waals surface area contributed by atoms with Gasteiger partial charge in [0.25, 0.3) is 0 Å². The molecule has 7 nitrogen and oxygen atoms in total. The SMILES string of the molecule is Cc1c(-c2ccc(C#N)cc2)nnc(N2CCC(N(C)C(=O)O)CC2)c1C. The molecule has 0 aliphatic carbocycles. The third-order valence-corrected chi connectivity index (χ3v) is 5.40. The van der Waals surface area contributed by atoms with Crippen LogP contribution in [0.25, 0.3) is 11.3 Å². The average molecular weight is 365 g/mol. The molecule has 1 aliphatic heterocycles. The van der Waals surface area contributed by atoms with Gasteiger partial charge < -0.3 is 14.9 Å². The standard InChI is InChI=1S/C20H23N5O2/c1-13-14(2)19(25-10-8-17(9-11-25)24(3)20(26)27)23-22-18(13)16-6-4-15(12-21)5-7-16/h4-7,17H,8-11H2,1-3H3,(H,26,27). The lowest BCUT2D eigenvalue weighted by Crippen LogP contribution is -2.45. The molecule has 0 bridgehead atoms. The van der Waals surface area contributed by atoms with E-state index in [0.717, 1.165) is 54.1 Å². The quantitative estimate of drug-likeness (QED) is 0.898. The Morgan fingerprint density at radius 2 is 1.81 bits per heavy atom. The lowest BCUT2D eigenvalue weighted by atomic mass is 10.0. The molecule has 1 aromatic heterocycles. The Bertz CT molecular complexity index is 880. The molecule has 0 atom stereocenters. The molecule has 1 N–H and O–H groups in total. The maximum atomic E-state index is 11.1. The van der Waals surface area contributed by atoms with E-state index in [1.54, 1.807) is 19.2 Å². The van der Waals surface area contributed by atoms with E-state index in [9.17, 15) is 4.79 Å². The van der Waals surface area contributed by atoms with Crippen LogP contribution in [0.4, 0.5) is 10.6 Å². The summed E-state index contributed by atoms with van der Waals surface area (Å²) in [5.41, 5.74) is 4.52. The Morgan fingerprint density at radius 3 is 2.37 bits per heavy atom. The van der Waals surface area contributed by atoms with Crippen LogP contribution in [-0.4, -0.2) is 52.5 Å². The molecule has 2 aromatic rings. The van der Waals surface area contributed by atoms with E-state index in [1.165, 1.54) is 4.90 Å². The summed E-state index contributed by atoms with van der Waals surface area (Å²) in [4.78, 5) is 14.7. The first kappa shape index (κ1) is 18.6. The number of piperidine rings is 1. The highest BCUT2D eigenvalue weighted by atomic mass is 16.4. The molecule has 1 fully saturated rings. The second-order valence-electron chi connectivity index (χ2n) is 6.92. The number of rotatable bonds is 3. The van der Waals surface area contributed by atoms with Gasteiger partial charge >= 0.3 is 6.09 Å². The van der Waals surface area contributed by atoms with Gasteiger partial charge in [-0.3, -0.25) is 0 Å². The number of anilines is 1. The number of hydrogen-bond acceptors (Lipinski definition) is 5. The van der Waals surface area contributed by atoms with Crippen LogP contribution in [0, 0.1) is 25.2 Å². The van der Waals surface area contributed by atoms with Gasteiger partial charge in [0, 0.05) is 31.7 Å². The number of aromatic nitrogens is 2. The molecule has 0 spiro atoms. The molecule has 3 rings (SSSR count). The summed E-state index contributed by atoms with van der Waals surface area (Å²) in [6, 6.07) is 9.51. The van der Waals surface area contributed by atoms with E-state index in [4.69, 9.17) is 10.4 Å². The van der Waals surface area contributed by atoms with Crippen LogP contribution in [0.1, 0.15) is 29.5 Å². The van der Waals surface area contributed by atoms with Crippen LogP contribution >= 0.6 is 0 Å². The molecule has 0 unspecified atom stereocenters. The highest BCUT2D eigenvalue weighted by Crippen LogP contribution is 2.29. The zero-order valence-corrected chi connectivity index (χ0v) is 15.8. The van der Waals surface area contributed by atoms with Gasteiger partial charge in [-0.25, -0.2) is 4.79 Å². The smallest absolute Gasteiger partial charge is 0.407 e. The number of carboxylic acid groups (broad SMARTS) is 1. The Labute approximate surface area is 158 Å². The minimum absolute atomic E-state index is 0.0473. The normalized spacial score (nSPS) is 14.7. The summed E-state index contributed by atoms with van der Waals surface area (Å²) in [6.45, 7) is 5.59. The second-order valence-corrected chi connectivity index (χ2v) is 6.92. The molecule has 140 valence electrons. The highest BCUT2D eigenvalue weighted by molar-refractivity contribution is 5.67. The highest BCUT2D eigenvalue weighted by Gasteiger charge is 2.27. The van der Waals surface area contributed by atoms with E-state index >= 15 is 0 Å². The van der Waals surface area contributed by atoms with Gasteiger partial charge in [0.2, 0.25) is 0 Å². The van der Waals surface area contributed by atoms with Gasteiger partial charge in [-0.05, 0) is 49.9 Å². The number of hydrogen-bond donors (Lipinski definition) is 1. The lowest BCUT2D eigenvalue weighted by Gasteiger charge is -2.36.